The van der Waals surface area contributed by atoms with Gasteiger partial charge in [-0.2, -0.15) is 12.7 Å². The second-order valence-corrected chi connectivity index (χ2v) is 19.2. The third-order valence-electron chi connectivity index (χ3n) is 13.2. The maximum atomic E-state index is 15.7. The third-order valence-corrected chi connectivity index (χ3v) is 14.6. The van der Waals surface area contributed by atoms with E-state index in [0.29, 0.717) is 41.5 Å². The molecule has 0 aliphatic carbocycles. The molecule has 64 heavy (non-hydrogen) atoms. The summed E-state index contributed by atoms with van der Waals surface area (Å²) >= 11 is 0. The molecule has 4 saturated heterocycles. The van der Waals surface area contributed by atoms with E-state index in [1.165, 1.54) is 11.1 Å². The number of amides is 3. The lowest BCUT2D eigenvalue weighted by Crippen LogP contribution is -2.72. The van der Waals surface area contributed by atoms with Crippen molar-refractivity contribution in [1.82, 2.24) is 29.4 Å². The Morgan fingerprint density at radius 1 is 0.984 bits per heavy atom. The van der Waals surface area contributed by atoms with Crippen LogP contribution in [0.25, 0.3) is 22.2 Å². The number of aliphatic hydroxyl groups is 1. The van der Waals surface area contributed by atoms with Gasteiger partial charge in [0, 0.05) is 104 Å². The first-order chi connectivity index (χ1) is 30.6. The predicted octanol–water partition coefficient (Wildman–Crippen LogP) is 4.45. The number of alkyl halides is 1. The van der Waals surface area contributed by atoms with E-state index in [0.717, 1.165) is 65.0 Å². The number of halogens is 3. The van der Waals surface area contributed by atoms with Crippen molar-refractivity contribution in [3.8, 4) is 11.1 Å². The Kier molecular flexibility index (Phi) is 10.3. The average Bonchev–Trinajstić information content (AvgIpc) is 3.97. The van der Waals surface area contributed by atoms with Gasteiger partial charge in [-0.1, -0.05) is 24.3 Å². The number of imide groups is 1. The van der Waals surface area contributed by atoms with Gasteiger partial charge in [0.25, 0.3) is 5.91 Å². The summed E-state index contributed by atoms with van der Waals surface area (Å²) in [4.78, 5) is 64.2. The monoisotopic (exact) mass is 896 g/mol. The lowest BCUT2D eigenvalue weighted by molar-refractivity contribution is -0.136. The Morgan fingerprint density at radius 3 is 2.50 bits per heavy atom. The van der Waals surface area contributed by atoms with Gasteiger partial charge >= 0.3 is 10.2 Å². The summed E-state index contributed by atoms with van der Waals surface area (Å²) in [5.41, 5.74) is 3.32. The molecule has 7 heterocycles. The number of nitrogens with zero attached hydrogens (tertiary/aromatic N) is 5. The van der Waals surface area contributed by atoms with Crippen LogP contribution in [0.1, 0.15) is 69.2 Å². The number of aromatic amines is 1. The minimum absolute atomic E-state index is 0.00299. The lowest BCUT2D eigenvalue weighted by Gasteiger charge is -2.61. The SMILES string of the molecule is O=C1CC[C@H](N2Cc3cc([C@H](O)CCN4CC5(C4)CN(c4ccc(-c6cnc7[nH]cc(C(=O)c8c(F)ccc(NS(=O)(=O)N9CC[C@@H](F)C9)c8F)c7c6)cc4)C5)ccc3C2=O)C(=O)N1. The molecule has 15 nitrogen and oxygen atoms in total. The highest BCUT2D eigenvalue weighted by Gasteiger charge is 2.51. The summed E-state index contributed by atoms with van der Waals surface area (Å²) in [5, 5.41) is 13.7. The third kappa shape index (κ3) is 7.48. The van der Waals surface area contributed by atoms with E-state index in [-0.39, 0.29) is 48.7 Å². The first-order valence-electron chi connectivity index (χ1n) is 21.1. The molecule has 0 unspecified atom stereocenters. The van der Waals surface area contributed by atoms with Gasteiger partial charge in [-0.15, -0.1) is 0 Å². The van der Waals surface area contributed by atoms with Crippen LogP contribution < -0.4 is 14.9 Å². The highest BCUT2D eigenvalue weighted by atomic mass is 32.2. The zero-order valence-electron chi connectivity index (χ0n) is 34.3. The first-order valence-corrected chi connectivity index (χ1v) is 22.5. The molecule has 2 aromatic heterocycles. The number of nitrogens with one attached hydrogen (secondary N) is 3. The van der Waals surface area contributed by atoms with Crippen LogP contribution in [0.15, 0.2) is 73.1 Å². The molecule has 10 rings (SSSR count). The van der Waals surface area contributed by atoms with E-state index in [1.807, 2.05) is 35.1 Å². The van der Waals surface area contributed by atoms with Crippen LogP contribution >= 0.6 is 0 Å². The molecule has 3 amide bonds. The molecule has 0 saturated carbocycles. The van der Waals surface area contributed by atoms with Crippen molar-refractivity contribution >= 4 is 56.1 Å². The van der Waals surface area contributed by atoms with E-state index in [2.05, 4.69) is 25.1 Å². The number of fused-ring (bicyclic) bond motifs is 2. The van der Waals surface area contributed by atoms with Crippen molar-refractivity contribution in [3.05, 3.63) is 113 Å². The Labute approximate surface area is 365 Å². The molecule has 3 aromatic carbocycles. The number of aromatic nitrogens is 2. The fourth-order valence-corrected chi connectivity index (χ4v) is 11.0. The molecule has 0 radical (unpaired) electrons. The van der Waals surface area contributed by atoms with Crippen LogP contribution in [-0.2, 0) is 26.3 Å². The van der Waals surface area contributed by atoms with Gasteiger partial charge in [0.1, 0.15) is 23.7 Å². The topological polar surface area (TPSA) is 188 Å². The second kappa shape index (κ2) is 15.8. The number of benzene rings is 3. The van der Waals surface area contributed by atoms with E-state index in [1.54, 1.807) is 24.4 Å². The fraction of sp³-hybridized carbons (Fsp3) is 0.356. The largest absolute Gasteiger partial charge is 0.388 e. The molecule has 3 atom stereocenters. The highest BCUT2D eigenvalue weighted by molar-refractivity contribution is 7.90. The normalized spacial score (nSPS) is 21.5. The van der Waals surface area contributed by atoms with Crippen LogP contribution in [-0.4, -0.2) is 119 Å². The summed E-state index contributed by atoms with van der Waals surface area (Å²) in [7, 11) is -4.36. The summed E-state index contributed by atoms with van der Waals surface area (Å²) < 4.78 is 73.0. The van der Waals surface area contributed by atoms with E-state index >= 15 is 8.78 Å². The molecule has 0 bridgehead atoms. The summed E-state index contributed by atoms with van der Waals surface area (Å²) in [6.45, 7) is 4.04. The minimum Gasteiger partial charge on any atom is -0.388 e. The van der Waals surface area contributed by atoms with Gasteiger partial charge in [-0.3, -0.25) is 29.2 Å². The predicted molar refractivity (Wildman–Crippen MR) is 228 cm³/mol. The number of hydrogen-bond donors (Lipinski definition) is 4. The number of anilines is 2. The van der Waals surface area contributed by atoms with Crippen LogP contribution in [0, 0.1) is 17.0 Å². The van der Waals surface area contributed by atoms with Gasteiger partial charge in [-0.05, 0) is 72.4 Å². The first kappa shape index (κ1) is 41.8. The zero-order valence-corrected chi connectivity index (χ0v) is 35.1. The minimum atomic E-state index is -4.36. The maximum absolute atomic E-state index is 15.7. The number of aliphatic hydroxyl groups excluding tert-OH is 1. The van der Waals surface area contributed by atoms with E-state index < -0.39 is 69.6 Å². The van der Waals surface area contributed by atoms with Crippen molar-refractivity contribution < 1.29 is 45.9 Å². The Hall–Kier alpha value is -6.15. The van der Waals surface area contributed by atoms with Gasteiger partial charge in [0.15, 0.2) is 5.82 Å². The van der Waals surface area contributed by atoms with Crippen molar-refractivity contribution in [2.45, 2.75) is 50.5 Å². The number of hydrogen-bond acceptors (Lipinski definition) is 10. The smallest absolute Gasteiger partial charge is 0.301 e. The molecule has 1 spiro atoms. The van der Waals surface area contributed by atoms with Gasteiger partial charge < -0.3 is 24.8 Å². The average molecular weight is 897 g/mol. The number of piperidine rings is 1. The molecule has 19 heteroatoms. The second-order valence-electron chi connectivity index (χ2n) is 17.5. The van der Waals surface area contributed by atoms with Gasteiger partial charge in [0.05, 0.1) is 17.4 Å². The maximum Gasteiger partial charge on any atom is 0.301 e. The van der Waals surface area contributed by atoms with Crippen molar-refractivity contribution in [1.29, 1.82) is 0 Å². The Morgan fingerprint density at radius 2 is 1.77 bits per heavy atom. The molecule has 5 aliphatic heterocycles. The molecule has 332 valence electrons. The van der Waals surface area contributed by atoms with Crippen LogP contribution in [0.5, 0.6) is 0 Å². The standard InChI is InChI=1S/C45H43F3N8O7S/c46-29-11-14-55(20-29)64(62,63)52-35-8-7-34(47)39(40(35)48)41(59)33-18-50-42-32(33)16-27(17-49-42)25-1-4-30(5-2-25)54-23-45(24-54)21-53(22-45)13-12-37(57)26-3-6-31-28(15-26)19-56(44(31)61)36-9-10-38(58)51-43(36)60/h1-8,15-18,29,36-37,52,57H,9-14,19-24H2,(H,49,50)(H,51,58,60)/t29-,36+,37-/m1/s1. The molecule has 4 N–H and O–H groups in total. The Balaban J connectivity index is 0.736. The zero-order chi connectivity index (χ0) is 44.7. The Bertz CT molecular complexity index is 2860. The number of pyridine rings is 1. The lowest BCUT2D eigenvalue weighted by atomic mass is 9.72. The van der Waals surface area contributed by atoms with Gasteiger partial charge in [0.2, 0.25) is 17.6 Å². The molecule has 5 aliphatic rings. The number of carbonyl (C=O) groups is 4. The summed E-state index contributed by atoms with van der Waals surface area (Å²) in [5.74, 6) is -4.63. The van der Waals surface area contributed by atoms with E-state index in [4.69, 9.17) is 0 Å². The molecule has 4 fully saturated rings. The van der Waals surface area contributed by atoms with Crippen molar-refractivity contribution in [2.75, 3.05) is 55.4 Å². The molecular formula is C45H43F3N8O7S. The number of carbonyl (C=O) groups excluding carboxylic acids is 4. The number of H-pyrrole nitrogens is 1. The van der Waals surface area contributed by atoms with Crippen LogP contribution in [0.4, 0.5) is 24.5 Å². The van der Waals surface area contributed by atoms with Crippen molar-refractivity contribution in [3.63, 3.8) is 0 Å². The number of likely N-dealkylation sites (tertiary alicyclic amines) is 1. The van der Waals surface area contributed by atoms with Crippen molar-refractivity contribution in [2.24, 2.45) is 5.41 Å². The molecule has 5 aromatic rings. The number of rotatable bonds is 12. The molecular weight excluding hydrogens is 854 g/mol. The number of ketones is 1. The summed E-state index contributed by atoms with van der Waals surface area (Å²) in [6.07, 6.45) is 1.85. The quantitative estimate of drug-likeness (QED) is 0.103. The van der Waals surface area contributed by atoms with Crippen LogP contribution in [0.3, 0.4) is 0 Å². The van der Waals surface area contributed by atoms with Crippen LogP contribution in [0.2, 0.25) is 0 Å². The summed E-state index contributed by atoms with van der Waals surface area (Å²) in [6, 6.07) is 15.9. The fourth-order valence-electron chi connectivity index (χ4n) is 9.78. The highest BCUT2D eigenvalue weighted by Crippen LogP contribution is 2.43. The van der Waals surface area contributed by atoms with Gasteiger partial charge in [-0.25, -0.2) is 18.2 Å². The van der Waals surface area contributed by atoms with E-state index in [9.17, 15) is 37.1 Å².